The number of amides is 1. The Labute approximate surface area is 157 Å². The Balaban J connectivity index is 1.85. The minimum absolute atomic E-state index is 0.0435. The number of benzene rings is 2. The molecule has 0 aliphatic heterocycles. The number of ether oxygens (including phenoxy) is 1. The summed E-state index contributed by atoms with van der Waals surface area (Å²) >= 11 is 0. The molecule has 0 unspecified atom stereocenters. The Morgan fingerprint density at radius 2 is 1.85 bits per heavy atom. The van der Waals surface area contributed by atoms with Crippen LogP contribution in [0, 0.1) is 6.92 Å². The molecule has 0 saturated heterocycles. The van der Waals surface area contributed by atoms with Crippen LogP contribution < -0.4 is 10.1 Å². The zero-order valence-corrected chi connectivity index (χ0v) is 15.7. The maximum Gasteiger partial charge on any atom is 0.291 e. The van der Waals surface area contributed by atoms with Crippen LogP contribution in [-0.2, 0) is 15.6 Å². The van der Waals surface area contributed by atoms with Crippen LogP contribution >= 0.6 is 0 Å². The molecule has 0 atom stereocenters. The molecule has 3 aromatic rings. The van der Waals surface area contributed by atoms with Gasteiger partial charge in [0.05, 0.1) is 29.7 Å². The number of carbonyl (C=O) groups excluding carboxylic acids is 1. The third-order valence-corrected chi connectivity index (χ3v) is 5.69. The number of rotatable bonds is 6. The fourth-order valence-corrected chi connectivity index (χ4v) is 4.04. The van der Waals surface area contributed by atoms with Gasteiger partial charge in [0.2, 0.25) is 0 Å². The van der Waals surface area contributed by atoms with Crippen molar-refractivity contribution in [3.8, 4) is 5.75 Å². The highest BCUT2D eigenvalue weighted by atomic mass is 32.2. The Hall–Kier alpha value is -3.06. The number of anilines is 1. The largest absolute Gasteiger partial charge is 0.495 e. The van der Waals surface area contributed by atoms with Crippen LogP contribution in [0.1, 0.15) is 21.7 Å². The number of carbonyl (C=O) groups is 1. The van der Waals surface area contributed by atoms with Crippen molar-refractivity contribution in [3.63, 3.8) is 0 Å². The summed E-state index contributed by atoms with van der Waals surface area (Å²) in [6.07, 6.45) is 1.30. The summed E-state index contributed by atoms with van der Waals surface area (Å²) in [5, 5.41) is 2.72. The highest BCUT2D eigenvalue weighted by Gasteiger charge is 2.23. The molecule has 0 fully saturated rings. The molecular weight excluding hydrogens is 366 g/mol. The second kappa shape index (κ2) is 7.67. The van der Waals surface area contributed by atoms with Gasteiger partial charge in [-0.2, -0.15) is 0 Å². The van der Waals surface area contributed by atoms with Crippen molar-refractivity contribution < 1.29 is 22.4 Å². The molecule has 1 aromatic heterocycles. The summed E-state index contributed by atoms with van der Waals surface area (Å²) < 4.78 is 35.7. The molecule has 1 heterocycles. The lowest BCUT2D eigenvalue weighted by molar-refractivity contribution is 0.0995. The van der Waals surface area contributed by atoms with E-state index in [9.17, 15) is 13.2 Å². The topological polar surface area (TPSA) is 85.6 Å². The number of methoxy groups -OCH3 is 1. The Morgan fingerprint density at radius 1 is 1.11 bits per heavy atom. The fourth-order valence-electron chi connectivity index (χ4n) is 2.66. The normalized spacial score (nSPS) is 11.2. The Kier molecular flexibility index (Phi) is 5.32. The van der Waals surface area contributed by atoms with Gasteiger partial charge in [-0.15, -0.1) is 0 Å². The smallest absolute Gasteiger partial charge is 0.291 e. The highest BCUT2D eigenvalue weighted by Crippen LogP contribution is 2.27. The summed E-state index contributed by atoms with van der Waals surface area (Å²) in [6.45, 7) is 1.89. The van der Waals surface area contributed by atoms with Gasteiger partial charge >= 0.3 is 0 Å². The molecule has 0 bridgehead atoms. The van der Waals surface area contributed by atoms with E-state index in [1.54, 1.807) is 30.3 Å². The molecular formula is C20H19NO5S. The molecule has 140 valence electrons. The quantitative estimate of drug-likeness (QED) is 0.697. The lowest BCUT2D eigenvalue weighted by Gasteiger charge is -2.11. The summed E-state index contributed by atoms with van der Waals surface area (Å²) in [5.74, 6) is -0.416. The van der Waals surface area contributed by atoms with Gasteiger partial charge in [-0.05, 0) is 42.8 Å². The number of furan rings is 1. The van der Waals surface area contributed by atoms with Gasteiger partial charge in [0.25, 0.3) is 5.91 Å². The van der Waals surface area contributed by atoms with Crippen LogP contribution in [0.4, 0.5) is 5.69 Å². The summed E-state index contributed by atoms with van der Waals surface area (Å²) in [5.41, 5.74) is 1.72. The second-order valence-corrected chi connectivity index (χ2v) is 7.99. The first-order valence-corrected chi connectivity index (χ1v) is 9.86. The van der Waals surface area contributed by atoms with E-state index >= 15 is 0 Å². The van der Waals surface area contributed by atoms with Crippen molar-refractivity contribution in [1.82, 2.24) is 0 Å². The van der Waals surface area contributed by atoms with E-state index in [0.717, 1.165) is 5.56 Å². The van der Waals surface area contributed by atoms with Gasteiger partial charge < -0.3 is 14.5 Å². The molecule has 0 aliphatic rings. The van der Waals surface area contributed by atoms with Gasteiger partial charge in [-0.3, -0.25) is 4.79 Å². The van der Waals surface area contributed by atoms with Crippen molar-refractivity contribution in [2.75, 3.05) is 12.4 Å². The summed E-state index contributed by atoms with van der Waals surface area (Å²) in [6, 6.07) is 14.9. The van der Waals surface area contributed by atoms with Gasteiger partial charge in [0.1, 0.15) is 5.75 Å². The van der Waals surface area contributed by atoms with Crippen molar-refractivity contribution in [2.45, 2.75) is 17.6 Å². The molecule has 1 amide bonds. The van der Waals surface area contributed by atoms with Crippen LogP contribution in [0.2, 0.25) is 0 Å². The lowest BCUT2D eigenvalue weighted by atomic mass is 10.2. The average Bonchev–Trinajstić information content (AvgIpc) is 3.10. The SMILES string of the molecule is COc1ccc(C)cc1NC(=O)c1occc1CS(=O)(=O)c1ccccc1. The molecule has 6 nitrogen and oxygen atoms in total. The zero-order valence-electron chi connectivity index (χ0n) is 14.9. The van der Waals surface area contributed by atoms with Gasteiger partial charge in [-0.1, -0.05) is 24.3 Å². The highest BCUT2D eigenvalue weighted by molar-refractivity contribution is 7.90. The van der Waals surface area contributed by atoms with Crippen molar-refractivity contribution >= 4 is 21.4 Å². The number of hydrogen-bond acceptors (Lipinski definition) is 5. The molecule has 27 heavy (non-hydrogen) atoms. The van der Waals surface area contributed by atoms with Gasteiger partial charge in [0.15, 0.2) is 15.6 Å². The number of sulfone groups is 1. The van der Waals surface area contributed by atoms with Crippen LogP contribution in [0.3, 0.4) is 0 Å². The molecule has 0 saturated carbocycles. The molecule has 2 aromatic carbocycles. The first kappa shape index (κ1) is 18.7. The first-order chi connectivity index (χ1) is 12.9. The minimum Gasteiger partial charge on any atom is -0.495 e. The standard InChI is InChI=1S/C20H19NO5S/c1-14-8-9-18(25-2)17(12-14)21-20(22)19-15(10-11-26-19)13-27(23,24)16-6-4-3-5-7-16/h3-12H,13H2,1-2H3,(H,21,22). The van der Waals surface area contributed by atoms with E-state index in [4.69, 9.17) is 9.15 Å². The second-order valence-electron chi connectivity index (χ2n) is 6.00. The van der Waals surface area contributed by atoms with E-state index in [-0.39, 0.29) is 16.4 Å². The third kappa shape index (κ3) is 4.20. The molecule has 1 N–H and O–H groups in total. The third-order valence-electron chi connectivity index (χ3n) is 4.00. The van der Waals surface area contributed by atoms with E-state index in [2.05, 4.69) is 5.32 Å². The van der Waals surface area contributed by atoms with E-state index in [0.29, 0.717) is 17.0 Å². The van der Waals surface area contributed by atoms with E-state index < -0.39 is 15.7 Å². The molecule has 0 spiro atoms. The Morgan fingerprint density at radius 3 is 2.56 bits per heavy atom. The van der Waals surface area contributed by atoms with Gasteiger partial charge in [-0.25, -0.2) is 8.42 Å². The lowest BCUT2D eigenvalue weighted by Crippen LogP contribution is -2.15. The summed E-state index contributed by atoms with van der Waals surface area (Å²) in [7, 11) is -2.09. The monoisotopic (exact) mass is 385 g/mol. The summed E-state index contributed by atoms with van der Waals surface area (Å²) in [4.78, 5) is 12.8. The van der Waals surface area contributed by atoms with Crippen molar-refractivity contribution in [2.24, 2.45) is 0 Å². The van der Waals surface area contributed by atoms with Crippen molar-refractivity contribution in [3.05, 3.63) is 77.7 Å². The molecule has 0 aliphatic carbocycles. The van der Waals surface area contributed by atoms with E-state index in [1.165, 1.54) is 31.6 Å². The minimum atomic E-state index is -3.60. The van der Waals surface area contributed by atoms with Crippen LogP contribution in [0.15, 0.2) is 70.2 Å². The predicted octanol–water partition coefficient (Wildman–Crippen LogP) is 3.82. The maximum absolute atomic E-state index is 12.6. The predicted molar refractivity (Wildman–Crippen MR) is 102 cm³/mol. The van der Waals surface area contributed by atoms with Crippen molar-refractivity contribution in [1.29, 1.82) is 0 Å². The number of aryl methyl sites for hydroxylation is 1. The first-order valence-electron chi connectivity index (χ1n) is 8.21. The van der Waals surface area contributed by atoms with Crippen LogP contribution in [-0.4, -0.2) is 21.4 Å². The van der Waals surface area contributed by atoms with E-state index in [1.807, 2.05) is 13.0 Å². The fraction of sp³-hybridized carbons (Fsp3) is 0.150. The average molecular weight is 385 g/mol. The molecule has 0 radical (unpaired) electrons. The van der Waals surface area contributed by atoms with Gasteiger partial charge in [0, 0.05) is 5.56 Å². The Bertz CT molecular complexity index is 1050. The molecule has 7 heteroatoms. The van der Waals surface area contributed by atoms with Crippen LogP contribution in [0.25, 0.3) is 0 Å². The van der Waals surface area contributed by atoms with Crippen LogP contribution in [0.5, 0.6) is 5.75 Å². The molecule has 3 rings (SSSR count). The number of nitrogens with one attached hydrogen (secondary N) is 1. The number of hydrogen-bond donors (Lipinski definition) is 1. The zero-order chi connectivity index (χ0) is 19.4. The maximum atomic E-state index is 12.6.